The molecule has 0 bridgehead atoms. The summed E-state index contributed by atoms with van der Waals surface area (Å²) in [6.07, 6.45) is -1.97. The summed E-state index contributed by atoms with van der Waals surface area (Å²) >= 11 is 4.57. The third-order valence-electron chi connectivity index (χ3n) is 5.06. The summed E-state index contributed by atoms with van der Waals surface area (Å²) in [7, 11) is 1.14. The van der Waals surface area contributed by atoms with Crippen molar-refractivity contribution in [2.24, 2.45) is 4.99 Å². The maximum atomic E-state index is 12.4. The van der Waals surface area contributed by atoms with Crippen LogP contribution in [0.2, 0.25) is 0 Å². The minimum Gasteiger partial charge on any atom is -0.356 e. The molecule has 33 heavy (non-hydrogen) atoms. The van der Waals surface area contributed by atoms with Gasteiger partial charge in [-0.05, 0) is 66.7 Å². The molecule has 0 atom stereocenters. The fourth-order valence-electron chi connectivity index (χ4n) is 3.16. The number of thiocarbonyl (C=S) groups is 1. The van der Waals surface area contributed by atoms with Crippen molar-refractivity contribution in [2.75, 3.05) is 20.1 Å². The average molecular weight is 478 g/mol. The number of amides is 2. The van der Waals surface area contributed by atoms with E-state index in [1.807, 2.05) is 48.5 Å². The van der Waals surface area contributed by atoms with E-state index in [9.17, 15) is 22.8 Å². The van der Waals surface area contributed by atoms with Crippen molar-refractivity contribution in [3.05, 3.63) is 65.2 Å². The van der Waals surface area contributed by atoms with E-state index in [2.05, 4.69) is 27.7 Å². The van der Waals surface area contributed by atoms with Gasteiger partial charge in [-0.15, -0.1) is 0 Å². The Morgan fingerprint density at radius 3 is 2.09 bits per heavy atom. The normalized spacial score (nSPS) is 10.9. The number of isothiocyanates is 1. The first-order chi connectivity index (χ1) is 15.7. The lowest BCUT2D eigenvalue weighted by Crippen LogP contribution is -2.39. The highest BCUT2D eigenvalue weighted by atomic mass is 32.1. The fraction of sp³-hybridized carbons (Fsp3) is 0.375. The molecule has 0 aliphatic carbocycles. The summed E-state index contributed by atoms with van der Waals surface area (Å²) in [5.74, 6) is -1.85. The van der Waals surface area contributed by atoms with Gasteiger partial charge in [-0.1, -0.05) is 36.4 Å². The Bertz CT molecular complexity index is 970. The zero-order valence-corrected chi connectivity index (χ0v) is 19.1. The first-order valence-electron chi connectivity index (χ1n) is 10.5. The van der Waals surface area contributed by atoms with E-state index in [1.165, 1.54) is 0 Å². The number of hydrogen-bond donors (Lipinski definition) is 1. The number of aryl methyl sites for hydroxylation is 1. The first-order valence-corrected chi connectivity index (χ1v) is 10.9. The van der Waals surface area contributed by atoms with Crippen LogP contribution in [0.25, 0.3) is 0 Å². The molecule has 176 valence electrons. The minimum absolute atomic E-state index is 0.00841. The molecule has 2 amide bonds. The fourth-order valence-corrected chi connectivity index (χ4v) is 3.27. The van der Waals surface area contributed by atoms with Gasteiger partial charge in [0.05, 0.1) is 10.8 Å². The van der Waals surface area contributed by atoms with Crippen molar-refractivity contribution in [3.8, 4) is 0 Å². The molecule has 0 saturated carbocycles. The van der Waals surface area contributed by atoms with Gasteiger partial charge in [-0.2, -0.15) is 18.2 Å². The molecule has 9 heteroatoms. The van der Waals surface area contributed by atoms with Gasteiger partial charge in [0, 0.05) is 26.6 Å². The topological polar surface area (TPSA) is 61.8 Å². The van der Waals surface area contributed by atoms with Crippen LogP contribution in [0.4, 0.5) is 18.9 Å². The highest BCUT2D eigenvalue weighted by Gasteiger charge is 2.40. The number of aliphatic imine (C=N–C) groups is 1. The van der Waals surface area contributed by atoms with Crippen LogP contribution in [0.3, 0.4) is 0 Å². The number of nitrogens with zero attached hydrogens (tertiary/aromatic N) is 2. The molecule has 2 aromatic rings. The largest absolute Gasteiger partial charge is 0.471 e. The van der Waals surface area contributed by atoms with Crippen molar-refractivity contribution in [2.45, 2.75) is 38.3 Å². The number of halogens is 3. The van der Waals surface area contributed by atoms with E-state index in [-0.39, 0.29) is 12.5 Å². The van der Waals surface area contributed by atoms with Crippen LogP contribution in [0.1, 0.15) is 29.5 Å². The molecule has 0 unspecified atom stereocenters. The van der Waals surface area contributed by atoms with Gasteiger partial charge in [0.1, 0.15) is 0 Å². The first kappa shape index (κ1) is 26.2. The predicted molar refractivity (Wildman–Crippen MR) is 125 cm³/mol. The third kappa shape index (κ3) is 9.55. The molecule has 0 heterocycles. The zero-order valence-electron chi connectivity index (χ0n) is 18.3. The van der Waals surface area contributed by atoms with Gasteiger partial charge in [0.2, 0.25) is 5.91 Å². The maximum absolute atomic E-state index is 12.4. The molecule has 0 spiro atoms. The Morgan fingerprint density at radius 2 is 1.52 bits per heavy atom. The lowest BCUT2D eigenvalue weighted by atomic mass is 10.0. The Balaban J connectivity index is 1.65. The van der Waals surface area contributed by atoms with Crippen LogP contribution in [-0.2, 0) is 28.9 Å². The van der Waals surface area contributed by atoms with E-state index in [0.717, 1.165) is 42.3 Å². The molecule has 0 saturated heterocycles. The summed E-state index contributed by atoms with van der Waals surface area (Å²) < 4.78 is 37.2. The molecular formula is C24H26F3N3O2S. The van der Waals surface area contributed by atoms with Crippen molar-refractivity contribution < 1.29 is 22.8 Å². The second-order valence-electron chi connectivity index (χ2n) is 7.61. The molecule has 0 aliphatic heterocycles. The Kier molecular flexibility index (Phi) is 10.2. The van der Waals surface area contributed by atoms with Crippen LogP contribution >= 0.6 is 12.2 Å². The van der Waals surface area contributed by atoms with E-state index < -0.39 is 12.1 Å². The van der Waals surface area contributed by atoms with Gasteiger partial charge in [-0.25, -0.2) is 0 Å². The summed E-state index contributed by atoms with van der Waals surface area (Å²) in [6.45, 7) is 0.539. The predicted octanol–water partition coefficient (Wildman–Crippen LogP) is 4.67. The maximum Gasteiger partial charge on any atom is 0.471 e. The smallest absolute Gasteiger partial charge is 0.356 e. The molecular weight excluding hydrogens is 451 g/mol. The van der Waals surface area contributed by atoms with Crippen molar-refractivity contribution >= 4 is 34.9 Å². The molecule has 2 rings (SSSR count). The number of likely N-dealkylation sites (N-methyl/N-ethyl adjacent to an activating group) is 1. The van der Waals surface area contributed by atoms with Crippen LogP contribution in [0.5, 0.6) is 0 Å². The molecule has 0 aliphatic rings. The Hall–Kier alpha value is -3.03. The van der Waals surface area contributed by atoms with E-state index in [4.69, 9.17) is 0 Å². The molecule has 5 nitrogen and oxygen atoms in total. The van der Waals surface area contributed by atoms with Crippen LogP contribution in [0.15, 0.2) is 53.5 Å². The zero-order chi connectivity index (χ0) is 24.3. The van der Waals surface area contributed by atoms with E-state index in [1.54, 1.807) is 0 Å². The van der Waals surface area contributed by atoms with Crippen LogP contribution in [0, 0.1) is 0 Å². The quantitative estimate of drug-likeness (QED) is 0.378. The molecule has 0 aromatic heterocycles. The van der Waals surface area contributed by atoms with Crippen molar-refractivity contribution in [1.29, 1.82) is 0 Å². The number of carbonyl (C=O) groups excluding carboxylic acids is 2. The second-order valence-corrected chi connectivity index (χ2v) is 7.80. The number of alkyl halides is 3. The highest BCUT2D eigenvalue weighted by molar-refractivity contribution is 7.78. The average Bonchev–Trinajstić information content (AvgIpc) is 2.78. The summed E-state index contributed by atoms with van der Waals surface area (Å²) in [4.78, 5) is 27.7. The number of carbonyl (C=O) groups is 2. The monoisotopic (exact) mass is 477 g/mol. The van der Waals surface area contributed by atoms with Gasteiger partial charge >= 0.3 is 12.1 Å². The van der Waals surface area contributed by atoms with Crippen LogP contribution < -0.4 is 5.32 Å². The molecule has 0 radical (unpaired) electrons. The van der Waals surface area contributed by atoms with Gasteiger partial charge < -0.3 is 10.2 Å². The Labute approximate surface area is 196 Å². The molecule has 0 fully saturated rings. The summed E-state index contributed by atoms with van der Waals surface area (Å²) in [6, 6.07) is 15.0. The third-order valence-corrected chi connectivity index (χ3v) is 5.16. The number of benzene rings is 2. The lowest BCUT2D eigenvalue weighted by Gasteiger charge is -2.18. The summed E-state index contributed by atoms with van der Waals surface area (Å²) in [5.41, 5.74) is 3.73. The van der Waals surface area contributed by atoms with Gasteiger partial charge in [-0.3, -0.25) is 9.59 Å². The van der Waals surface area contributed by atoms with Crippen LogP contribution in [-0.4, -0.2) is 48.2 Å². The van der Waals surface area contributed by atoms with E-state index in [0.29, 0.717) is 30.7 Å². The molecule has 1 N–H and O–H groups in total. The Morgan fingerprint density at radius 1 is 0.970 bits per heavy atom. The molecule has 2 aromatic carbocycles. The minimum atomic E-state index is -4.85. The summed E-state index contributed by atoms with van der Waals surface area (Å²) in [5, 5.41) is 5.23. The van der Waals surface area contributed by atoms with E-state index >= 15 is 0 Å². The van der Waals surface area contributed by atoms with Crippen molar-refractivity contribution in [1.82, 2.24) is 10.2 Å². The number of hydrogen-bond acceptors (Lipinski definition) is 4. The SMILES string of the molecule is CN(CCc1ccc(CCCC(=O)NCCc2ccc(N=C=S)cc2)cc1)C(=O)C(F)(F)F. The number of rotatable bonds is 11. The van der Waals surface area contributed by atoms with Gasteiger partial charge in [0.15, 0.2) is 0 Å². The lowest BCUT2D eigenvalue weighted by molar-refractivity contribution is -0.184. The highest BCUT2D eigenvalue weighted by Crippen LogP contribution is 2.18. The number of nitrogens with one attached hydrogen (secondary N) is 1. The standard InChI is InChI=1S/C24H26F3N3O2S/c1-30(23(32)24(25,26)27)16-14-20-7-5-18(6-8-20)3-2-4-22(31)28-15-13-19-9-11-21(12-10-19)29-17-33/h5-12H,2-4,13-16H2,1H3,(H,28,31). The van der Waals surface area contributed by atoms with Crippen molar-refractivity contribution in [3.63, 3.8) is 0 Å². The van der Waals surface area contributed by atoms with Gasteiger partial charge in [0.25, 0.3) is 0 Å². The second kappa shape index (κ2) is 12.9.